The molecule has 19 heavy (non-hydrogen) atoms. The Labute approximate surface area is 117 Å². The lowest BCUT2D eigenvalue weighted by molar-refractivity contribution is 0.0976. The Kier molecular flexibility index (Phi) is 4.61. The molecule has 2 atom stereocenters. The molecule has 4 nitrogen and oxygen atoms in total. The summed E-state index contributed by atoms with van der Waals surface area (Å²) in [7, 11) is 1.98. The number of aromatic nitrogens is 3. The lowest BCUT2D eigenvalue weighted by atomic mass is 9.65. The highest BCUT2D eigenvalue weighted by Gasteiger charge is 2.37. The fourth-order valence-electron chi connectivity index (χ4n) is 3.59. The highest BCUT2D eigenvalue weighted by Crippen LogP contribution is 2.42. The summed E-state index contributed by atoms with van der Waals surface area (Å²) in [6.07, 6.45) is 8.07. The first-order valence-corrected chi connectivity index (χ1v) is 7.61. The van der Waals surface area contributed by atoms with Crippen molar-refractivity contribution in [2.75, 3.05) is 6.54 Å². The molecule has 1 N–H and O–H groups in total. The molecule has 2 unspecified atom stereocenters. The molecule has 0 radical (unpaired) electrons. The molecule has 1 aromatic heterocycles. The number of hydrogen-bond donors (Lipinski definition) is 1. The normalized spacial score (nSPS) is 24.3. The lowest BCUT2D eigenvalue weighted by Crippen LogP contribution is -2.46. The first-order valence-electron chi connectivity index (χ1n) is 7.61. The van der Waals surface area contributed by atoms with E-state index in [1.54, 1.807) is 6.33 Å². The second kappa shape index (κ2) is 6.04. The highest BCUT2D eigenvalue weighted by atomic mass is 15.3. The summed E-state index contributed by atoms with van der Waals surface area (Å²) in [5, 5.41) is 7.88. The van der Waals surface area contributed by atoms with E-state index in [0.29, 0.717) is 11.5 Å². The largest absolute Gasteiger partial charge is 0.314 e. The van der Waals surface area contributed by atoms with E-state index >= 15 is 0 Å². The smallest absolute Gasteiger partial charge is 0.138 e. The number of likely N-dealkylation sites (N-methyl/N-ethyl adjacent to an activating group) is 1. The number of rotatable bonds is 5. The molecular weight excluding hydrogens is 236 g/mol. The molecule has 1 heterocycles. The van der Waals surface area contributed by atoms with Crippen LogP contribution in [0.25, 0.3) is 0 Å². The number of nitrogens with one attached hydrogen (secondary N) is 1. The van der Waals surface area contributed by atoms with Crippen LogP contribution in [0.3, 0.4) is 0 Å². The zero-order chi connectivity index (χ0) is 13.9. The molecule has 0 aliphatic heterocycles. The van der Waals surface area contributed by atoms with Gasteiger partial charge in [0.15, 0.2) is 0 Å². The summed E-state index contributed by atoms with van der Waals surface area (Å²) < 4.78 is 1.90. The summed E-state index contributed by atoms with van der Waals surface area (Å²) in [5.41, 5.74) is 0.434. The van der Waals surface area contributed by atoms with Gasteiger partial charge in [-0.2, -0.15) is 5.10 Å². The topological polar surface area (TPSA) is 42.7 Å². The van der Waals surface area contributed by atoms with Crippen LogP contribution in [0.4, 0.5) is 0 Å². The van der Waals surface area contributed by atoms with Crippen LogP contribution in [0.5, 0.6) is 0 Å². The van der Waals surface area contributed by atoms with E-state index in [2.05, 4.69) is 36.2 Å². The van der Waals surface area contributed by atoms with Crippen LogP contribution in [-0.2, 0) is 13.5 Å². The van der Waals surface area contributed by atoms with E-state index in [9.17, 15) is 0 Å². The van der Waals surface area contributed by atoms with Crippen LogP contribution in [0.1, 0.15) is 52.3 Å². The quantitative estimate of drug-likeness (QED) is 0.889. The Hall–Kier alpha value is -0.900. The molecule has 0 spiro atoms. The van der Waals surface area contributed by atoms with Crippen molar-refractivity contribution in [1.82, 2.24) is 20.1 Å². The Balaban J connectivity index is 2.12. The molecule has 1 saturated carbocycles. The third kappa shape index (κ3) is 3.35. The maximum absolute atomic E-state index is 4.39. The van der Waals surface area contributed by atoms with Gasteiger partial charge in [0.25, 0.3) is 0 Å². The van der Waals surface area contributed by atoms with Crippen LogP contribution in [0, 0.1) is 11.3 Å². The molecule has 1 fully saturated rings. The monoisotopic (exact) mass is 264 g/mol. The molecule has 1 aliphatic carbocycles. The van der Waals surface area contributed by atoms with Gasteiger partial charge in [-0.1, -0.05) is 33.6 Å². The molecule has 1 aromatic rings. The number of aryl methyl sites for hydroxylation is 1. The predicted molar refractivity (Wildman–Crippen MR) is 77.9 cm³/mol. The molecular formula is C15H28N4. The van der Waals surface area contributed by atoms with E-state index in [1.165, 1.54) is 25.7 Å². The van der Waals surface area contributed by atoms with E-state index in [-0.39, 0.29) is 0 Å². The van der Waals surface area contributed by atoms with Gasteiger partial charge in [-0.25, -0.2) is 4.98 Å². The highest BCUT2D eigenvalue weighted by molar-refractivity contribution is 4.96. The van der Waals surface area contributed by atoms with Crippen LogP contribution in [0.2, 0.25) is 0 Å². The van der Waals surface area contributed by atoms with Crippen molar-refractivity contribution < 1.29 is 0 Å². The minimum atomic E-state index is 0.434. The van der Waals surface area contributed by atoms with Gasteiger partial charge in [-0.05, 0) is 30.7 Å². The molecule has 0 aromatic carbocycles. The van der Waals surface area contributed by atoms with Gasteiger partial charge >= 0.3 is 0 Å². The Morgan fingerprint density at radius 1 is 1.47 bits per heavy atom. The minimum absolute atomic E-state index is 0.434. The van der Waals surface area contributed by atoms with Gasteiger partial charge in [0.05, 0.1) is 0 Å². The first-order chi connectivity index (χ1) is 9.04. The molecule has 4 heteroatoms. The third-order valence-electron chi connectivity index (χ3n) is 4.75. The SMILES string of the molecule is CCNC(Cc1ncnn1C)C1CCCCC1(C)C. The van der Waals surface area contributed by atoms with Crippen LogP contribution in [0.15, 0.2) is 6.33 Å². The minimum Gasteiger partial charge on any atom is -0.314 e. The van der Waals surface area contributed by atoms with E-state index < -0.39 is 0 Å². The van der Waals surface area contributed by atoms with E-state index in [0.717, 1.165) is 24.7 Å². The van der Waals surface area contributed by atoms with Crippen LogP contribution < -0.4 is 5.32 Å². The maximum Gasteiger partial charge on any atom is 0.138 e. The molecule has 1 aliphatic rings. The van der Waals surface area contributed by atoms with Gasteiger partial charge in [0.2, 0.25) is 0 Å². The molecule has 2 rings (SSSR count). The van der Waals surface area contributed by atoms with Crippen molar-refractivity contribution in [3.63, 3.8) is 0 Å². The molecule has 108 valence electrons. The van der Waals surface area contributed by atoms with Crippen molar-refractivity contribution in [1.29, 1.82) is 0 Å². The summed E-state index contributed by atoms with van der Waals surface area (Å²) in [6.45, 7) is 8.07. The predicted octanol–water partition coefficient (Wildman–Crippen LogP) is 2.55. The fourth-order valence-corrected chi connectivity index (χ4v) is 3.59. The number of nitrogens with zero attached hydrogens (tertiary/aromatic N) is 3. The van der Waals surface area contributed by atoms with E-state index in [1.807, 2.05) is 11.7 Å². The summed E-state index contributed by atoms with van der Waals surface area (Å²) in [4.78, 5) is 4.39. The zero-order valence-electron chi connectivity index (χ0n) is 12.8. The Bertz CT molecular complexity index is 397. The summed E-state index contributed by atoms with van der Waals surface area (Å²) >= 11 is 0. The molecule has 0 saturated heterocycles. The first kappa shape index (κ1) is 14.5. The average Bonchev–Trinajstić information content (AvgIpc) is 2.74. The van der Waals surface area contributed by atoms with Crippen LogP contribution >= 0.6 is 0 Å². The average molecular weight is 264 g/mol. The fraction of sp³-hybridized carbons (Fsp3) is 0.867. The Morgan fingerprint density at radius 3 is 2.84 bits per heavy atom. The van der Waals surface area contributed by atoms with Gasteiger partial charge in [0, 0.05) is 19.5 Å². The van der Waals surface area contributed by atoms with Gasteiger partial charge in [-0.3, -0.25) is 4.68 Å². The third-order valence-corrected chi connectivity index (χ3v) is 4.75. The zero-order valence-corrected chi connectivity index (χ0v) is 12.8. The molecule has 0 bridgehead atoms. The molecule has 0 amide bonds. The van der Waals surface area contributed by atoms with Crippen molar-refractivity contribution in [2.24, 2.45) is 18.4 Å². The maximum atomic E-state index is 4.39. The van der Waals surface area contributed by atoms with Gasteiger partial charge in [-0.15, -0.1) is 0 Å². The van der Waals surface area contributed by atoms with Crippen LogP contribution in [-0.4, -0.2) is 27.4 Å². The second-order valence-corrected chi connectivity index (χ2v) is 6.51. The van der Waals surface area contributed by atoms with Gasteiger partial charge in [0.1, 0.15) is 12.2 Å². The Morgan fingerprint density at radius 2 is 2.26 bits per heavy atom. The van der Waals surface area contributed by atoms with Crippen molar-refractivity contribution in [3.05, 3.63) is 12.2 Å². The summed E-state index contributed by atoms with van der Waals surface area (Å²) in [5.74, 6) is 1.82. The van der Waals surface area contributed by atoms with Gasteiger partial charge < -0.3 is 5.32 Å². The summed E-state index contributed by atoms with van der Waals surface area (Å²) in [6, 6.07) is 0.517. The van der Waals surface area contributed by atoms with Crippen molar-refractivity contribution in [3.8, 4) is 0 Å². The van der Waals surface area contributed by atoms with Crippen molar-refractivity contribution >= 4 is 0 Å². The second-order valence-electron chi connectivity index (χ2n) is 6.51. The number of hydrogen-bond acceptors (Lipinski definition) is 3. The lowest BCUT2D eigenvalue weighted by Gasteiger charge is -2.43. The standard InChI is InChI=1S/C15H28N4/c1-5-16-13(10-14-17-11-18-19(14)4)12-8-6-7-9-15(12,2)3/h11-13,16H,5-10H2,1-4H3. The van der Waals surface area contributed by atoms with E-state index in [4.69, 9.17) is 0 Å². The van der Waals surface area contributed by atoms with Crippen molar-refractivity contribution in [2.45, 2.75) is 58.9 Å².